The van der Waals surface area contributed by atoms with Crippen molar-refractivity contribution in [2.75, 3.05) is 13.2 Å². The van der Waals surface area contributed by atoms with Crippen LogP contribution in [0.1, 0.15) is 22.6 Å². The Balaban J connectivity index is 1.21. The standard InChI is InChI=1S/C20H21N3O4S/c24-18(12-6-7-12)21-13-8-26-17-14(9-27-16(13)17)22-19(25)20-23-15(10-28-20)11-4-2-1-3-5-11/h1-5,10,12-14,16-17H,6-9H2,(H,21,24)(H,22,25). The Morgan fingerprint density at radius 1 is 1.00 bits per heavy atom. The van der Waals surface area contributed by atoms with Gasteiger partial charge in [-0.15, -0.1) is 11.3 Å². The minimum atomic E-state index is -0.248. The molecule has 3 fully saturated rings. The molecule has 0 spiro atoms. The Labute approximate surface area is 166 Å². The predicted octanol–water partition coefficient (Wildman–Crippen LogP) is 1.60. The fourth-order valence-corrected chi connectivity index (χ4v) is 4.47. The number of fused-ring (bicyclic) bond motifs is 1. The SMILES string of the molecule is O=C(NC1COC2C(NC(=O)C3CC3)COC12)c1nc(-c2ccccc2)cs1. The molecular weight excluding hydrogens is 378 g/mol. The fourth-order valence-electron chi connectivity index (χ4n) is 3.74. The van der Waals surface area contributed by atoms with Gasteiger partial charge >= 0.3 is 0 Å². The molecule has 2 amide bonds. The third-order valence-electron chi connectivity index (χ3n) is 5.41. The quantitative estimate of drug-likeness (QED) is 0.797. The maximum absolute atomic E-state index is 12.6. The maximum Gasteiger partial charge on any atom is 0.280 e. The first-order valence-corrected chi connectivity index (χ1v) is 10.4. The average Bonchev–Trinajstić information content (AvgIpc) is 3.13. The molecule has 4 atom stereocenters. The molecule has 5 rings (SSSR count). The predicted molar refractivity (Wildman–Crippen MR) is 103 cm³/mol. The number of rotatable bonds is 5. The number of thiazole rings is 1. The zero-order chi connectivity index (χ0) is 19.1. The molecule has 1 aromatic heterocycles. The first-order valence-electron chi connectivity index (χ1n) is 9.54. The van der Waals surface area contributed by atoms with E-state index in [1.807, 2.05) is 35.7 Å². The van der Waals surface area contributed by atoms with Crippen LogP contribution in [0.15, 0.2) is 35.7 Å². The van der Waals surface area contributed by atoms with Crippen molar-refractivity contribution in [3.05, 3.63) is 40.7 Å². The van der Waals surface area contributed by atoms with Crippen LogP contribution in [0.5, 0.6) is 0 Å². The van der Waals surface area contributed by atoms with Crippen LogP contribution < -0.4 is 10.6 Å². The molecule has 1 aliphatic carbocycles. The zero-order valence-electron chi connectivity index (χ0n) is 15.2. The highest BCUT2D eigenvalue weighted by atomic mass is 32.1. The second-order valence-electron chi connectivity index (χ2n) is 7.47. The number of nitrogens with one attached hydrogen (secondary N) is 2. The fraction of sp³-hybridized carbons (Fsp3) is 0.450. The van der Waals surface area contributed by atoms with Gasteiger partial charge in [-0.1, -0.05) is 30.3 Å². The number of carbonyl (C=O) groups excluding carboxylic acids is 2. The number of benzene rings is 1. The van der Waals surface area contributed by atoms with Crippen LogP contribution in [-0.2, 0) is 14.3 Å². The molecule has 1 saturated carbocycles. The summed E-state index contributed by atoms with van der Waals surface area (Å²) in [4.78, 5) is 29.1. The van der Waals surface area contributed by atoms with E-state index < -0.39 is 0 Å². The Morgan fingerprint density at radius 2 is 1.68 bits per heavy atom. The lowest BCUT2D eigenvalue weighted by Crippen LogP contribution is -2.47. The van der Waals surface area contributed by atoms with Crippen LogP contribution >= 0.6 is 11.3 Å². The van der Waals surface area contributed by atoms with E-state index in [1.54, 1.807) is 0 Å². The molecule has 7 nitrogen and oxygen atoms in total. The summed E-state index contributed by atoms with van der Waals surface area (Å²) in [6, 6.07) is 9.38. The summed E-state index contributed by atoms with van der Waals surface area (Å²) in [6.07, 6.45) is 1.46. The third kappa shape index (κ3) is 3.43. The molecule has 1 aromatic carbocycles. The summed E-state index contributed by atoms with van der Waals surface area (Å²) >= 11 is 1.32. The number of amides is 2. The van der Waals surface area contributed by atoms with Gasteiger partial charge in [0.05, 0.1) is 31.0 Å². The van der Waals surface area contributed by atoms with Gasteiger partial charge in [-0.05, 0) is 12.8 Å². The van der Waals surface area contributed by atoms with Gasteiger partial charge in [0.2, 0.25) is 5.91 Å². The summed E-state index contributed by atoms with van der Waals surface area (Å²) in [5, 5.41) is 8.31. The first kappa shape index (κ1) is 17.8. The monoisotopic (exact) mass is 399 g/mol. The van der Waals surface area contributed by atoms with E-state index in [0.717, 1.165) is 24.1 Å². The van der Waals surface area contributed by atoms with E-state index in [1.165, 1.54) is 11.3 Å². The molecule has 146 valence electrons. The van der Waals surface area contributed by atoms with Crippen LogP contribution in [0.3, 0.4) is 0 Å². The van der Waals surface area contributed by atoms with Crippen molar-refractivity contribution in [2.24, 2.45) is 5.92 Å². The van der Waals surface area contributed by atoms with E-state index in [0.29, 0.717) is 18.2 Å². The van der Waals surface area contributed by atoms with Gasteiger partial charge in [-0.3, -0.25) is 9.59 Å². The van der Waals surface area contributed by atoms with Gasteiger partial charge in [0.15, 0.2) is 5.01 Å². The Kier molecular flexibility index (Phi) is 4.62. The Bertz CT molecular complexity index is 883. The molecule has 2 N–H and O–H groups in total. The van der Waals surface area contributed by atoms with Crippen LogP contribution in [0.2, 0.25) is 0 Å². The molecule has 4 unspecified atom stereocenters. The molecule has 8 heteroatoms. The van der Waals surface area contributed by atoms with Crippen LogP contribution in [-0.4, -0.2) is 54.3 Å². The van der Waals surface area contributed by atoms with Crippen LogP contribution in [0.4, 0.5) is 0 Å². The highest BCUT2D eigenvalue weighted by Crippen LogP contribution is 2.31. The minimum Gasteiger partial charge on any atom is -0.371 e. The van der Waals surface area contributed by atoms with Crippen LogP contribution in [0, 0.1) is 5.92 Å². The second-order valence-corrected chi connectivity index (χ2v) is 8.33. The smallest absolute Gasteiger partial charge is 0.280 e. The molecule has 2 aromatic rings. The summed E-state index contributed by atoms with van der Waals surface area (Å²) in [7, 11) is 0. The zero-order valence-corrected chi connectivity index (χ0v) is 16.0. The molecule has 0 radical (unpaired) electrons. The number of aromatic nitrogens is 1. The first-order chi connectivity index (χ1) is 13.7. The van der Waals surface area contributed by atoms with Gasteiger partial charge in [0, 0.05) is 16.9 Å². The largest absolute Gasteiger partial charge is 0.371 e. The summed E-state index contributed by atoms with van der Waals surface area (Å²) < 4.78 is 11.7. The molecule has 2 saturated heterocycles. The highest BCUT2D eigenvalue weighted by Gasteiger charge is 2.49. The molecule has 0 bridgehead atoms. The van der Waals surface area contributed by atoms with Crippen molar-refractivity contribution in [1.29, 1.82) is 0 Å². The highest BCUT2D eigenvalue weighted by molar-refractivity contribution is 7.12. The van der Waals surface area contributed by atoms with Crippen LogP contribution in [0.25, 0.3) is 11.3 Å². The average molecular weight is 399 g/mol. The summed E-state index contributed by atoms with van der Waals surface area (Å²) in [5.74, 6) is 0.0109. The topological polar surface area (TPSA) is 89.6 Å². The lowest BCUT2D eigenvalue weighted by Gasteiger charge is -2.18. The van der Waals surface area contributed by atoms with Crippen molar-refractivity contribution in [1.82, 2.24) is 15.6 Å². The van der Waals surface area contributed by atoms with Gasteiger partial charge in [-0.25, -0.2) is 4.98 Å². The maximum atomic E-state index is 12.6. The van der Waals surface area contributed by atoms with E-state index in [-0.39, 0.29) is 42.0 Å². The number of carbonyl (C=O) groups is 2. The van der Waals surface area contributed by atoms with Crippen molar-refractivity contribution in [3.63, 3.8) is 0 Å². The number of hydrogen-bond donors (Lipinski definition) is 2. The number of nitrogens with zero attached hydrogens (tertiary/aromatic N) is 1. The Morgan fingerprint density at radius 3 is 2.36 bits per heavy atom. The van der Waals surface area contributed by atoms with Gasteiger partial charge in [-0.2, -0.15) is 0 Å². The van der Waals surface area contributed by atoms with E-state index in [4.69, 9.17) is 9.47 Å². The lowest BCUT2D eigenvalue weighted by atomic mass is 10.1. The molecule has 3 heterocycles. The van der Waals surface area contributed by atoms with Crippen molar-refractivity contribution in [3.8, 4) is 11.3 Å². The van der Waals surface area contributed by atoms with E-state index in [2.05, 4.69) is 15.6 Å². The normalized spacial score (nSPS) is 28.7. The van der Waals surface area contributed by atoms with E-state index in [9.17, 15) is 9.59 Å². The molecule has 2 aliphatic heterocycles. The minimum absolute atomic E-state index is 0.0848. The second kappa shape index (κ2) is 7.27. The lowest BCUT2D eigenvalue weighted by molar-refractivity contribution is -0.123. The molecule has 3 aliphatic rings. The van der Waals surface area contributed by atoms with Crippen molar-refractivity contribution in [2.45, 2.75) is 37.1 Å². The van der Waals surface area contributed by atoms with Crippen molar-refractivity contribution < 1.29 is 19.1 Å². The van der Waals surface area contributed by atoms with E-state index >= 15 is 0 Å². The summed E-state index contributed by atoms with van der Waals surface area (Å²) in [5.41, 5.74) is 1.77. The van der Waals surface area contributed by atoms with Gasteiger partial charge in [0.1, 0.15) is 12.2 Å². The number of ether oxygens (including phenoxy) is 2. The van der Waals surface area contributed by atoms with Crippen molar-refractivity contribution >= 4 is 23.2 Å². The number of hydrogen-bond acceptors (Lipinski definition) is 6. The van der Waals surface area contributed by atoms with Gasteiger partial charge in [0.25, 0.3) is 5.91 Å². The Hall–Kier alpha value is -2.29. The molecule has 28 heavy (non-hydrogen) atoms. The third-order valence-corrected chi connectivity index (χ3v) is 6.25. The summed E-state index contributed by atoms with van der Waals surface area (Å²) in [6.45, 7) is 0.781. The van der Waals surface area contributed by atoms with Gasteiger partial charge < -0.3 is 20.1 Å². The molecular formula is C20H21N3O4S.